The van der Waals surface area contributed by atoms with E-state index in [1.54, 1.807) is 0 Å². The predicted octanol–water partition coefficient (Wildman–Crippen LogP) is 4.16. The SMILES string of the molecule is CN1CCCN(c2cccc3nc(CN4CCC[C@H]5CCCc6cccnc6[C@@H]54)cn23)CC1. The second-order valence-corrected chi connectivity index (χ2v) is 10.2. The van der Waals surface area contributed by atoms with Crippen molar-refractivity contribution in [3.63, 3.8) is 0 Å². The lowest BCUT2D eigenvalue weighted by Crippen LogP contribution is -2.38. The highest BCUT2D eigenvalue weighted by Gasteiger charge is 2.36. The van der Waals surface area contributed by atoms with Gasteiger partial charge >= 0.3 is 0 Å². The molecular formula is C27H36N6. The number of anilines is 1. The van der Waals surface area contributed by atoms with Crippen LogP contribution in [0.3, 0.4) is 0 Å². The molecule has 33 heavy (non-hydrogen) atoms. The van der Waals surface area contributed by atoms with Crippen molar-refractivity contribution in [1.82, 2.24) is 24.2 Å². The van der Waals surface area contributed by atoms with Gasteiger partial charge in [0.15, 0.2) is 0 Å². The fraction of sp³-hybridized carbons (Fsp3) is 0.556. The normalized spacial score (nSPS) is 24.8. The zero-order valence-electron chi connectivity index (χ0n) is 19.9. The van der Waals surface area contributed by atoms with Crippen LogP contribution in [0.4, 0.5) is 5.82 Å². The van der Waals surface area contributed by atoms with Crippen molar-refractivity contribution in [1.29, 1.82) is 0 Å². The monoisotopic (exact) mass is 444 g/mol. The summed E-state index contributed by atoms with van der Waals surface area (Å²) in [5.41, 5.74) is 5.03. The summed E-state index contributed by atoms with van der Waals surface area (Å²) in [5, 5.41) is 0. The van der Waals surface area contributed by atoms with Crippen LogP contribution in [0.1, 0.15) is 55.1 Å². The van der Waals surface area contributed by atoms with Gasteiger partial charge in [0.05, 0.1) is 17.4 Å². The molecule has 3 aromatic rings. The average molecular weight is 445 g/mol. The number of pyridine rings is 2. The summed E-state index contributed by atoms with van der Waals surface area (Å²) >= 11 is 0. The fourth-order valence-corrected chi connectivity index (χ4v) is 6.37. The van der Waals surface area contributed by atoms with E-state index in [0.717, 1.165) is 44.3 Å². The van der Waals surface area contributed by atoms with E-state index >= 15 is 0 Å². The summed E-state index contributed by atoms with van der Waals surface area (Å²) in [6, 6.07) is 11.4. The van der Waals surface area contributed by atoms with Crippen LogP contribution in [-0.4, -0.2) is 63.9 Å². The van der Waals surface area contributed by atoms with E-state index in [1.807, 2.05) is 6.20 Å². The third-order valence-corrected chi connectivity index (χ3v) is 8.02. The number of piperidine rings is 1. The Bertz CT molecular complexity index is 1110. The summed E-state index contributed by atoms with van der Waals surface area (Å²) < 4.78 is 2.32. The third-order valence-electron chi connectivity index (χ3n) is 8.02. The van der Waals surface area contributed by atoms with Gasteiger partial charge in [-0.25, -0.2) is 4.98 Å². The van der Waals surface area contributed by atoms with Crippen LogP contribution in [0.2, 0.25) is 0 Å². The molecule has 1 aliphatic carbocycles. The molecule has 3 aromatic heterocycles. The van der Waals surface area contributed by atoms with Crippen LogP contribution in [0.5, 0.6) is 0 Å². The molecule has 2 atom stereocenters. The van der Waals surface area contributed by atoms with Gasteiger partial charge in [0.1, 0.15) is 11.5 Å². The minimum Gasteiger partial charge on any atom is -0.356 e. The minimum atomic E-state index is 0.433. The van der Waals surface area contributed by atoms with E-state index in [0.29, 0.717) is 6.04 Å². The molecule has 6 nitrogen and oxygen atoms in total. The molecule has 2 aliphatic heterocycles. The maximum absolute atomic E-state index is 5.08. The van der Waals surface area contributed by atoms with Crippen molar-refractivity contribution in [3.05, 3.63) is 59.7 Å². The topological polar surface area (TPSA) is 39.9 Å². The van der Waals surface area contributed by atoms with Gasteiger partial charge in [-0.1, -0.05) is 12.1 Å². The van der Waals surface area contributed by atoms with E-state index < -0.39 is 0 Å². The lowest BCUT2D eigenvalue weighted by Gasteiger charge is -2.40. The molecule has 3 aliphatic rings. The first kappa shape index (κ1) is 21.1. The van der Waals surface area contributed by atoms with Gasteiger partial charge in [0.25, 0.3) is 0 Å². The van der Waals surface area contributed by atoms with Crippen molar-refractivity contribution in [3.8, 4) is 0 Å². The molecule has 0 spiro atoms. The Hall–Kier alpha value is -2.44. The molecular weight excluding hydrogens is 408 g/mol. The molecule has 2 saturated heterocycles. The number of hydrogen-bond acceptors (Lipinski definition) is 5. The molecule has 5 heterocycles. The lowest BCUT2D eigenvalue weighted by molar-refractivity contribution is 0.0780. The molecule has 0 amide bonds. The zero-order valence-corrected chi connectivity index (χ0v) is 19.9. The van der Waals surface area contributed by atoms with Crippen LogP contribution in [-0.2, 0) is 13.0 Å². The second-order valence-electron chi connectivity index (χ2n) is 10.2. The maximum Gasteiger partial charge on any atom is 0.138 e. The van der Waals surface area contributed by atoms with E-state index in [-0.39, 0.29) is 0 Å². The van der Waals surface area contributed by atoms with Crippen LogP contribution < -0.4 is 4.90 Å². The van der Waals surface area contributed by atoms with E-state index in [1.165, 1.54) is 67.8 Å². The summed E-state index contributed by atoms with van der Waals surface area (Å²) in [5.74, 6) is 2.00. The van der Waals surface area contributed by atoms with Crippen LogP contribution in [0.15, 0.2) is 42.7 Å². The minimum absolute atomic E-state index is 0.433. The molecule has 0 aromatic carbocycles. The Labute approximate surface area is 197 Å². The number of fused-ring (bicyclic) bond motifs is 4. The van der Waals surface area contributed by atoms with Crippen molar-refractivity contribution in [2.24, 2.45) is 5.92 Å². The smallest absolute Gasteiger partial charge is 0.138 e. The van der Waals surface area contributed by atoms with Gasteiger partial charge in [-0.2, -0.15) is 0 Å². The number of rotatable bonds is 3. The Balaban J connectivity index is 1.30. The molecule has 174 valence electrons. The molecule has 0 radical (unpaired) electrons. The van der Waals surface area contributed by atoms with E-state index in [2.05, 4.69) is 62.7 Å². The van der Waals surface area contributed by atoms with Gasteiger partial charge in [0, 0.05) is 38.6 Å². The molecule has 0 saturated carbocycles. The standard InChI is InChI=1S/C27H36N6/c1-30-14-6-16-31(18-17-30)25-12-3-11-24-29-23(20-33(24)25)19-32-15-5-10-22-8-2-7-21-9-4-13-28-26(21)27(22)32/h3-4,9,11-13,20,22,27H,2,5-8,10,14-19H2,1H3/t22-,27-/m1/s1. The number of likely N-dealkylation sites (N-methyl/N-ethyl adjacent to an activating group) is 1. The highest BCUT2D eigenvalue weighted by molar-refractivity contribution is 5.52. The van der Waals surface area contributed by atoms with Gasteiger partial charge in [0.2, 0.25) is 0 Å². The number of imidazole rings is 1. The first-order valence-corrected chi connectivity index (χ1v) is 12.8. The number of likely N-dealkylation sites (tertiary alicyclic amines) is 1. The largest absolute Gasteiger partial charge is 0.356 e. The Morgan fingerprint density at radius 1 is 0.939 bits per heavy atom. The summed E-state index contributed by atoms with van der Waals surface area (Å²) in [4.78, 5) is 17.6. The summed E-state index contributed by atoms with van der Waals surface area (Å²) in [6.45, 7) is 6.50. The van der Waals surface area contributed by atoms with E-state index in [4.69, 9.17) is 9.97 Å². The van der Waals surface area contributed by atoms with Gasteiger partial charge < -0.3 is 9.80 Å². The molecule has 0 bridgehead atoms. The Kier molecular flexibility index (Phi) is 5.80. The zero-order chi connectivity index (χ0) is 22.2. The molecule has 6 rings (SSSR count). The van der Waals surface area contributed by atoms with Crippen LogP contribution in [0, 0.1) is 5.92 Å². The second kappa shape index (κ2) is 9.07. The lowest BCUT2D eigenvalue weighted by atomic mass is 9.85. The Morgan fingerprint density at radius 2 is 1.88 bits per heavy atom. The van der Waals surface area contributed by atoms with Crippen molar-refractivity contribution in [2.75, 3.05) is 44.7 Å². The van der Waals surface area contributed by atoms with Crippen molar-refractivity contribution in [2.45, 2.75) is 51.1 Å². The number of hydrogen-bond donors (Lipinski definition) is 0. The average Bonchev–Trinajstić information content (AvgIpc) is 2.98. The quantitative estimate of drug-likeness (QED) is 0.607. The predicted molar refractivity (Wildman–Crippen MR) is 133 cm³/mol. The highest BCUT2D eigenvalue weighted by atomic mass is 15.3. The van der Waals surface area contributed by atoms with E-state index in [9.17, 15) is 0 Å². The molecule has 2 fully saturated rings. The van der Waals surface area contributed by atoms with Gasteiger partial charge in [-0.15, -0.1) is 0 Å². The van der Waals surface area contributed by atoms with Crippen LogP contribution >= 0.6 is 0 Å². The van der Waals surface area contributed by atoms with Gasteiger partial charge in [-0.3, -0.25) is 14.3 Å². The molecule has 0 N–H and O–H groups in total. The van der Waals surface area contributed by atoms with Crippen LogP contribution in [0.25, 0.3) is 5.65 Å². The first-order valence-electron chi connectivity index (χ1n) is 12.8. The fourth-order valence-electron chi connectivity index (χ4n) is 6.37. The maximum atomic E-state index is 5.08. The summed E-state index contributed by atoms with van der Waals surface area (Å²) in [7, 11) is 2.23. The van der Waals surface area contributed by atoms with Crippen molar-refractivity contribution >= 4 is 11.5 Å². The number of aromatic nitrogens is 3. The highest BCUT2D eigenvalue weighted by Crippen LogP contribution is 2.42. The summed E-state index contributed by atoms with van der Waals surface area (Å²) in [6.07, 6.45) is 11.9. The van der Waals surface area contributed by atoms with Gasteiger partial charge in [-0.05, 0) is 88.3 Å². The molecule has 6 heteroatoms. The Morgan fingerprint density at radius 3 is 2.85 bits per heavy atom. The van der Waals surface area contributed by atoms with Crippen molar-refractivity contribution < 1.29 is 0 Å². The molecule has 0 unspecified atom stereocenters. The number of aryl methyl sites for hydroxylation is 1. The number of nitrogens with zero attached hydrogens (tertiary/aromatic N) is 6. The third kappa shape index (κ3) is 4.15. The first-order chi connectivity index (χ1) is 16.3.